The van der Waals surface area contributed by atoms with Gasteiger partial charge in [-0.05, 0) is 6.54 Å². The van der Waals surface area contributed by atoms with Crippen LogP contribution < -0.4 is 0 Å². The van der Waals surface area contributed by atoms with Crippen molar-refractivity contribution in [1.29, 1.82) is 0 Å². The van der Waals surface area contributed by atoms with Gasteiger partial charge in [0.1, 0.15) is 5.82 Å². The highest BCUT2D eigenvalue weighted by molar-refractivity contribution is 4.95. The van der Waals surface area contributed by atoms with E-state index >= 15 is 0 Å². The summed E-state index contributed by atoms with van der Waals surface area (Å²) in [6, 6.07) is 0. The van der Waals surface area contributed by atoms with E-state index in [1.54, 1.807) is 0 Å². The standard InChI is InChI=1S/C8H13N3.C2H6/c1-2-10-5-6-11-4-3-9-8(11)7-10;1-2/h3-4H,2,5-7H2,1H3;1-2H3. The van der Waals surface area contributed by atoms with Crippen molar-refractivity contribution in [2.75, 3.05) is 13.1 Å². The minimum absolute atomic E-state index is 1.02. The van der Waals surface area contributed by atoms with Crippen molar-refractivity contribution < 1.29 is 0 Å². The van der Waals surface area contributed by atoms with Gasteiger partial charge in [-0.2, -0.15) is 0 Å². The second-order valence-electron chi connectivity index (χ2n) is 2.91. The molecule has 2 heterocycles. The third-order valence-electron chi connectivity index (χ3n) is 2.27. The molecule has 0 radical (unpaired) electrons. The fourth-order valence-electron chi connectivity index (χ4n) is 1.49. The van der Waals surface area contributed by atoms with Crippen molar-refractivity contribution in [2.24, 2.45) is 0 Å². The van der Waals surface area contributed by atoms with Crippen LogP contribution >= 0.6 is 0 Å². The smallest absolute Gasteiger partial charge is 0.122 e. The molecule has 0 aromatic carbocycles. The third-order valence-corrected chi connectivity index (χ3v) is 2.27. The Hall–Kier alpha value is -0.830. The molecule has 0 N–H and O–H groups in total. The number of fused-ring (bicyclic) bond motifs is 1. The van der Waals surface area contributed by atoms with E-state index in [9.17, 15) is 0 Å². The predicted molar refractivity (Wildman–Crippen MR) is 54.5 cm³/mol. The molecule has 1 aromatic heterocycles. The van der Waals surface area contributed by atoms with Crippen molar-refractivity contribution in [3.05, 3.63) is 18.2 Å². The molecular weight excluding hydrogens is 162 g/mol. The van der Waals surface area contributed by atoms with E-state index in [0.29, 0.717) is 0 Å². The highest BCUT2D eigenvalue weighted by Gasteiger charge is 2.13. The molecule has 3 heteroatoms. The lowest BCUT2D eigenvalue weighted by molar-refractivity contribution is 0.228. The molecule has 0 amide bonds. The lowest BCUT2D eigenvalue weighted by atomic mass is 10.3. The number of rotatable bonds is 1. The molecule has 1 aromatic rings. The van der Waals surface area contributed by atoms with Crippen LogP contribution in [0.5, 0.6) is 0 Å². The van der Waals surface area contributed by atoms with Gasteiger partial charge >= 0.3 is 0 Å². The third kappa shape index (κ3) is 2.31. The van der Waals surface area contributed by atoms with E-state index in [0.717, 1.165) is 19.6 Å². The van der Waals surface area contributed by atoms with Gasteiger partial charge in [0, 0.05) is 25.5 Å². The molecule has 74 valence electrons. The quantitative estimate of drug-likeness (QED) is 0.658. The molecule has 0 atom stereocenters. The zero-order valence-electron chi connectivity index (χ0n) is 8.82. The molecule has 0 fully saturated rings. The number of hydrogen-bond acceptors (Lipinski definition) is 2. The van der Waals surface area contributed by atoms with Gasteiger partial charge < -0.3 is 4.57 Å². The molecule has 0 saturated carbocycles. The first-order valence-corrected chi connectivity index (χ1v) is 5.12. The maximum Gasteiger partial charge on any atom is 0.122 e. The summed E-state index contributed by atoms with van der Waals surface area (Å²) in [5.41, 5.74) is 0. The lowest BCUT2D eigenvalue weighted by Crippen LogP contribution is -2.33. The second-order valence-corrected chi connectivity index (χ2v) is 2.91. The monoisotopic (exact) mass is 181 g/mol. The average Bonchev–Trinajstić information content (AvgIpc) is 2.67. The first-order chi connectivity index (χ1) is 6.40. The molecular formula is C10H19N3. The van der Waals surface area contributed by atoms with Gasteiger partial charge in [0.05, 0.1) is 6.54 Å². The van der Waals surface area contributed by atoms with Crippen LogP contribution in [0.1, 0.15) is 26.6 Å². The Balaban J connectivity index is 0.000000396. The van der Waals surface area contributed by atoms with E-state index in [4.69, 9.17) is 0 Å². The Morgan fingerprint density at radius 3 is 2.85 bits per heavy atom. The summed E-state index contributed by atoms with van der Waals surface area (Å²) in [7, 11) is 0. The Kier molecular flexibility index (Phi) is 3.96. The van der Waals surface area contributed by atoms with Crippen LogP contribution in [0.4, 0.5) is 0 Å². The Bertz CT molecular complexity index is 242. The molecule has 0 unspecified atom stereocenters. The van der Waals surface area contributed by atoms with Crippen molar-refractivity contribution >= 4 is 0 Å². The highest BCUT2D eigenvalue weighted by atomic mass is 15.2. The van der Waals surface area contributed by atoms with E-state index in [1.165, 1.54) is 12.4 Å². The van der Waals surface area contributed by atoms with Gasteiger partial charge in [-0.1, -0.05) is 20.8 Å². The molecule has 1 aliphatic rings. The molecule has 2 rings (SSSR count). The first-order valence-electron chi connectivity index (χ1n) is 5.12. The maximum atomic E-state index is 4.28. The van der Waals surface area contributed by atoms with Crippen molar-refractivity contribution in [3.8, 4) is 0 Å². The first kappa shape index (κ1) is 10.3. The van der Waals surface area contributed by atoms with Crippen LogP contribution in [0.25, 0.3) is 0 Å². The van der Waals surface area contributed by atoms with Gasteiger partial charge in [-0.25, -0.2) is 4.98 Å². The van der Waals surface area contributed by atoms with Crippen LogP contribution in [0, 0.1) is 0 Å². The normalized spacial score (nSPS) is 15.9. The Labute approximate surface area is 80.4 Å². The molecule has 0 aliphatic carbocycles. The summed E-state index contributed by atoms with van der Waals surface area (Å²) in [4.78, 5) is 6.68. The minimum Gasteiger partial charge on any atom is -0.333 e. The fourth-order valence-corrected chi connectivity index (χ4v) is 1.49. The zero-order chi connectivity index (χ0) is 9.68. The summed E-state index contributed by atoms with van der Waals surface area (Å²) < 4.78 is 2.23. The number of hydrogen-bond donors (Lipinski definition) is 0. The summed E-state index contributed by atoms with van der Waals surface area (Å²) in [5, 5.41) is 0. The molecule has 0 spiro atoms. The van der Waals surface area contributed by atoms with Crippen molar-refractivity contribution in [2.45, 2.75) is 33.9 Å². The topological polar surface area (TPSA) is 21.1 Å². The molecule has 3 nitrogen and oxygen atoms in total. The van der Waals surface area contributed by atoms with Gasteiger partial charge in [-0.3, -0.25) is 4.90 Å². The van der Waals surface area contributed by atoms with Gasteiger partial charge in [0.15, 0.2) is 0 Å². The summed E-state index contributed by atoms with van der Waals surface area (Å²) in [6.07, 6.45) is 3.94. The van der Waals surface area contributed by atoms with Crippen LogP contribution in [0.2, 0.25) is 0 Å². The number of likely N-dealkylation sites (N-methyl/N-ethyl adjacent to an activating group) is 1. The van der Waals surface area contributed by atoms with E-state index in [-0.39, 0.29) is 0 Å². The largest absolute Gasteiger partial charge is 0.333 e. The SMILES string of the molecule is CC.CCN1CCn2ccnc2C1. The molecule has 0 bridgehead atoms. The Morgan fingerprint density at radius 1 is 1.38 bits per heavy atom. The van der Waals surface area contributed by atoms with Crippen molar-refractivity contribution in [1.82, 2.24) is 14.5 Å². The number of aromatic nitrogens is 2. The van der Waals surface area contributed by atoms with Crippen LogP contribution in [0.15, 0.2) is 12.4 Å². The second kappa shape index (κ2) is 5.02. The fraction of sp³-hybridized carbons (Fsp3) is 0.700. The maximum absolute atomic E-state index is 4.28. The van der Waals surface area contributed by atoms with Gasteiger partial charge in [-0.15, -0.1) is 0 Å². The zero-order valence-corrected chi connectivity index (χ0v) is 8.82. The molecule has 0 saturated heterocycles. The summed E-state index contributed by atoms with van der Waals surface area (Å²) in [6.45, 7) is 10.6. The Morgan fingerprint density at radius 2 is 2.15 bits per heavy atom. The number of nitrogens with zero attached hydrogens (tertiary/aromatic N) is 3. The van der Waals surface area contributed by atoms with Gasteiger partial charge in [0.25, 0.3) is 0 Å². The summed E-state index contributed by atoms with van der Waals surface area (Å²) in [5.74, 6) is 1.21. The summed E-state index contributed by atoms with van der Waals surface area (Å²) >= 11 is 0. The predicted octanol–water partition coefficient (Wildman–Crippen LogP) is 1.74. The minimum atomic E-state index is 1.02. The lowest BCUT2D eigenvalue weighted by Gasteiger charge is -2.25. The van der Waals surface area contributed by atoms with Crippen LogP contribution in [-0.4, -0.2) is 27.5 Å². The van der Waals surface area contributed by atoms with Crippen molar-refractivity contribution in [3.63, 3.8) is 0 Å². The van der Waals surface area contributed by atoms with Crippen LogP contribution in [0.3, 0.4) is 0 Å². The molecule has 1 aliphatic heterocycles. The molecule has 13 heavy (non-hydrogen) atoms. The number of imidazole rings is 1. The highest BCUT2D eigenvalue weighted by Crippen LogP contribution is 2.08. The van der Waals surface area contributed by atoms with E-state index < -0.39 is 0 Å². The van der Waals surface area contributed by atoms with Crippen LogP contribution in [-0.2, 0) is 13.1 Å². The van der Waals surface area contributed by atoms with E-state index in [1.807, 2.05) is 20.0 Å². The van der Waals surface area contributed by atoms with E-state index in [2.05, 4.69) is 27.6 Å². The average molecular weight is 181 g/mol. The van der Waals surface area contributed by atoms with Gasteiger partial charge in [0.2, 0.25) is 0 Å².